The monoisotopic (exact) mass is 357 g/mol. The van der Waals surface area contributed by atoms with E-state index >= 15 is 0 Å². The van der Waals surface area contributed by atoms with E-state index in [1.54, 1.807) is 13.0 Å². The van der Waals surface area contributed by atoms with Crippen LogP contribution in [0.1, 0.15) is 44.5 Å². The number of carbonyl (C=O) groups excluding carboxylic acids is 1. The minimum Gasteiger partial charge on any atom is -0.480 e. The van der Waals surface area contributed by atoms with E-state index < -0.39 is 12.1 Å². The lowest BCUT2D eigenvalue weighted by Gasteiger charge is -2.26. The fraction of sp³-hybridized carbons (Fsp3) is 0.467. The molecule has 1 aromatic carbocycles. The topological polar surface area (TPSA) is 75.6 Å². The third kappa shape index (κ3) is 5.04. The Morgan fingerprint density at radius 1 is 1.43 bits per heavy atom. The maximum Gasteiger partial charge on any atom is 0.339 e. The molecule has 6 heteroatoms. The van der Waals surface area contributed by atoms with E-state index in [4.69, 9.17) is 9.84 Å². The lowest BCUT2D eigenvalue weighted by atomic mass is 10.0. The molecule has 0 aromatic heterocycles. The van der Waals surface area contributed by atoms with Crippen molar-refractivity contribution in [2.45, 2.75) is 45.8 Å². The number of amides is 1. The molecule has 0 aliphatic heterocycles. The molecule has 0 radical (unpaired) electrons. The smallest absolute Gasteiger partial charge is 0.339 e. The maximum atomic E-state index is 12.1. The van der Waals surface area contributed by atoms with Gasteiger partial charge in [-0.3, -0.25) is 4.79 Å². The second-order valence-electron chi connectivity index (χ2n) is 5.43. The summed E-state index contributed by atoms with van der Waals surface area (Å²) in [5, 5.41) is 12.0. The standard InChI is InChI=1S/C15H20BrNO4/c1-5-15(3,4)17-13(18)9(2)21-12-7-6-10(16)8-11(12)14(19)20/h6-9H,5H2,1-4H3,(H,17,18)(H,19,20). The molecule has 0 aliphatic carbocycles. The molecule has 1 rings (SSSR count). The Morgan fingerprint density at radius 2 is 2.05 bits per heavy atom. The summed E-state index contributed by atoms with van der Waals surface area (Å²) < 4.78 is 6.14. The van der Waals surface area contributed by atoms with Crippen LogP contribution in [0.4, 0.5) is 0 Å². The van der Waals surface area contributed by atoms with Gasteiger partial charge in [-0.15, -0.1) is 0 Å². The zero-order chi connectivity index (χ0) is 16.2. The highest BCUT2D eigenvalue weighted by Crippen LogP contribution is 2.24. The Hall–Kier alpha value is -1.56. The molecule has 1 unspecified atom stereocenters. The van der Waals surface area contributed by atoms with Gasteiger partial charge in [0.2, 0.25) is 0 Å². The first-order chi connectivity index (χ1) is 9.66. The Bertz CT molecular complexity index is 542. The van der Waals surface area contributed by atoms with Crippen LogP contribution in [-0.2, 0) is 4.79 Å². The maximum absolute atomic E-state index is 12.1. The number of carbonyl (C=O) groups is 2. The van der Waals surface area contributed by atoms with E-state index in [0.717, 1.165) is 6.42 Å². The van der Waals surface area contributed by atoms with E-state index in [2.05, 4.69) is 21.2 Å². The summed E-state index contributed by atoms with van der Waals surface area (Å²) in [5.74, 6) is -1.21. The second kappa shape index (κ2) is 6.93. The highest BCUT2D eigenvalue weighted by molar-refractivity contribution is 9.10. The van der Waals surface area contributed by atoms with E-state index in [9.17, 15) is 9.59 Å². The Kier molecular flexibility index (Phi) is 5.78. The third-order valence-electron chi connectivity index (χ3n) is 3.19. The lowest BCUT2D eigenvalue weighted by molar-refractivity contribution is -0.129. The van der Waals surface area contributed by atoms with Gasteiger partial charge in [-0.25, -0.2) is 4.79 Å². The molecule has 0 fully saturated rings. The summed E-state index contributed by atoms with van der Waals surface area (Å²) in [4.78, 5) is 23.3. The summed E-state index contributed by atoms with van der Waals surface area (Å²) >= 11 is 3.21. The number of aromatic carboxylic acids is 1. The summed E-state index contributed by atoms with van der Waals surface area (Å²) in [6.07, 6.45) is -0.000450. The van der Waals surface area contributed by atoms with Gasteiger partial charge in [0, 0.05) is 10.0 Å². The average molecular weight is 358 g/mol. The molecule has 116 valence electrons. The van der Waals surface area contributed by atoms with Gasteiger partial charge in [0.25, 0.3) is 5.91 Å². The molecule has 5 nitrogen and oxygen atoms in total. The van der Waals surface area contributed by atoms with Gasteiger partial charge in [-0.2, -0.15) is 0 Å². The number of benzene rings is 1. The van der Waals surface area contributed by atoms with Gasteiger partial charge in [-0.1, -0.05) is 22.9 Å². The average Bonchev–Trinajstić information content (AvgIpc) is 2.40. The first-order valence-electron chi connectivity index (χ1n) is 6.68. The van der Waals surface area contributed by atoms with Gasteiger partial charge in [0.15, 0.2) is 6.10 Å². The molecular formula is C15H20BrNO4. The van der Waals surface area contributed by atoms with Gasteiger partial charge >= 0.3 is 5.97 Å². The summed E-state index contributed by atoms with van der Waals surface area (Å²) in [6.45, 7) is 7.40. The third-order valence-corrected chi connectivity index (χ3v) is 3.68. The largest absolute Gasteiger partial charge is 0.480 e. The fourth-order valence-electron chi connectivity index (χ4n) is 1.54. The molecule has 2 N–H and O–H groups in total. The van der Waals surface area contributed by atoms with Crippen LogP contribution in [0, 0.1) is 0 Å². The highest BCUT2D eigenvalue weighted by Gasteiger charge is 2.24. The number of rotatable bonds is 6. The van der Waals surface area contributed by atoms with E-state index in [-0.39, 0.29) is 22.8 Å². The SMILES string of the molecule is CCC(C)(C)NC(=O)C(C)Oc1ccc(Br)cc1C(=O)O. The molecule has 21 heavy (non-hydrogen) atoms. The van der Waals surface area contributed by atoms with Gasteiger partial charge in [-0.05, 0) is 45.4 Å². The van der Waals surface area contributed by atoms with Crippen molar-refractivity contribution in [3.8, 4) is 5.75 Å². The second-order valence-corrected chi connectivity index (χ2v) is 6.35. The molecule has 0 spiro atoms. The minimum atomic E-state index is -1.10. The van der Waals surface area contributed by atoms with Crippen LogP contribution < -0.4 is 10.1 Å². The molecule has 0 aliphatic rings. The van der Waals surface area contributed by atoms with Crippen molar-refractivity contribution < 1.29 is 19.4 Å². The Labute approximate surface area is 132 Å². The normalized spacial score (nSPS) is 12.6. The first kappa shape index (κ1) is 17.5. The quantitative estimate of drug-likeness (QED) is 0.819. The number of halogens is 1. The van der Waals surface area contributed by atoms with Crippen molar-refractivity contribution >= 4 is 27.8 Å². The number of ether oxygens (including phenoxy) is 1. The fourth-order valence-corrected chi connectivity index (χ4v) is 1.90. The predicted molar refractivity (Wildman–Crippen MR) is 83.7 cm³/mol. The molecule has 1 amide bonds. The number of carboxylic acid groups (broad SMARTS) is 1. The Balaban J connectivity index is 2.86. The van der Waals surface area contributed by atoms with Crippen molar-refractivity contribution in [3.63, 3.8) is 0 Å². The molecule has 0 heterocycles. The van der Waals surface area contributed by atoms with Gasteiger partial charge < -0.3 is 15.2 Å². The number of hydrogen-bond donors (Lipinski definition) is 2. The van der Waals surface area contributed by atoms with Crippen molar-refractivity contribution in [1.82, 2.24) is 5.32 Å². The predicted octanol–water partition coefficient (Wildman–Crippen LogP) is 3.22. The lowest BCUT2D eigenvalue weighted by Crippen LogP contribution is -2.48. The van der Waals surface area contributed by atoms with Crippen molar-refractivity contribution in [1.29, 1.82) is 0 Å². The minimum absolute atomic E-state index is 0.0128. The van der Waals surface area contributed by atoms with Crippen molar-refractivity contribution in [3.05, 3.63) is 28.2 Å². The summed E-state index contributed by atoms with van der Waals surface area (Å²) in [7, 11) is 0. The zero-order valence-electron chi connectivity index (χ0n) is 12.6. The van der Waals surface area contributed by atoms with E-state index in [1.165, 1.54) is 12.1 Å². The van der Waals surface area contributed by atoms with Crippen molar-refractivity contribution in [2.75, 3.05) is 0 Å². The molecule has 0 saturated heterocycles. The van der Waals surface area contributed by atoms with Crippen LogP contribution in [0.3, 0.4) is 0 Å². The molecule has 1 atom stereocenters. The Morgan fingerprint density at radius 3 is 2.57 bits per heavy atom. The van der Waals surface area contributed by atoms with E-state index in [1.807, 2.05) is 20.8 Å². The van der Waals surface area contributed by atoms with Crippen LogP contribution >= 0.6 is 15.9 Å². The van der Waals surface area contributed by atoms with E-state index in [0.29, 0.717) is 4.47 Å². The van der Waals surface area contributed by atoms with Crippen LogP contribution in [0.2, 0.25) is 0 Å². The van der Waals surface area contributed by atoms with Crippen LogP contribution in [0.25, 0.3) is 0 Å². The van der Waals surface area contributed by atoms with Crippen LogP contribution in [0.15, 0.2) is 22.7 Å². The van der Waals surface area contributed by atoms with Crippen molar-refractivity contribution in [2.24, 2.45) is 0 Å². The molecule has 0 bridgehead atoms. The number of carboxylic acids is 1. The van der Waals surface area contributed by atoms with Gasteiger partial charge in [0.1, 0.15) is 11.3 Å². The summed E-state index contributed by atoms with van der Waals surface area (Å²) in [6, 6.07) is 4.64. The zero-order valence-corrected chi connectivity index (χ0v) is 14.2. The number of nitrogens with one attached hydrogen (secondary N) is 1. The molecular weight excluding hydrogens is 338 g/mol. The molecule has 0 saturated carbocycles. The first-order valence-corrected chi connectivity index (χ1v) is 7.47. The summed E-state index contributed by atoms with van der Waals surface area (Å²) in [5.41, 5.74) is -0.317. The molecule has 1 aromatic rings. The highest BCUT2D eigenvalue weighted by atomic mass is 79.9. The number of hydrogen-bond acceptors (Lipinski definition) is 3. The van der Waals surface area contributed by atoms with Gasteiger partial charge in [0.05, 0.1) is 0 Å². The van der Waals surface area contributed by atoms with Crippen LogP contribution in [-0.4, -0.2) is 28.6 Å². The van der Waals surface area contributed by atoms with Crippen LogP contribution in [0.5, 0.6) is 5.75 Å².